The second kappa shape index (κ2) is 4.71. The molecule has 4 rings (SSSR count). The highest BCUT2D eigenvalue weighted by Crippen LogP contribution is 2.34. The molecule has 0 fully saturated rings. The molecular weight excluding hydrogens is 282 g/mol. The van der Waals surface area contributed by atoms with E-state index >= 15 is 0 Å². The number of aromatic nitrogens is 3. The van der Waals surface area contributed by atoms with Gasteiger partial charge in [0.25, 0.3) is 0 Å². The van der Waals surface area contributed by atoms with Crippen LogP contribution in [-0.2, 0) is 0 Å². The Morgan fingerprint density at radius 3 is 2.76 bits per heavy atom. The first-order valence-electron chi connectivity index (χ1n) is 6.49. The fraction of sp³-hybridized carbons (Fsp3) is 0. The summed E-state index contributed by atoms with van der Waals surface area (Å²) in [5, 5.41) is 15.9. The highest BCUT2D eigenvalue weighted by molar-refractivity contribution is 7.14. The second-order valence-electron chi connectivity index (χ2n) is 4.68. The predicted octanol–water partition coefficient (Wildman–Crippen LogP) is 3.83. The summed E-state index contributed by atoms with van der Waals surface area (Å²) in [4.78, 5) is 5.24. The summed E-state index contributed by atoms with van der Waals surface area (Å²) in [6, 6.07) is 13.9. The van der Waals surface area contributed by atoms with Gasteiger partial charge in [0.2, 0.25) is 5.88 Å². The Morgan fingerprint density at radius 2 is 1.90 bits per heavy atom. The van der Waals surface area contributed by atoms with E-state index in [1.165, 1.54) is 17.2 Å². The summed E-state index contributed by atoms with van der Waals surface area (Å²) in [5.41, 5.74) is 3.96. The van der Waals surface area contributed by atoms with Crippen molar-refractivity contribution >= 4 is 17.0 Å². The summed E-state index contributed by atoms with van der Waals surface area (Å²) >= 11 is 1.65. The van der Waals surface area contributed by atoms with Crippen molar-refractivity contribution in [1.82, 2.24) is 14.6 Å². The quantitative estimate of drug-likeness (QED) is 0.611. The Labute approximate surface area is 125 Å². The Kier molecular flexibility index (Phi) is 2.72. The maximum atomic E-state index is 9.55. The summed E-state index contributed by atoms with van der Waals surface area (Å²) in [6.07, 6.45) is 3.48. The number of aromatic hydroxyl groups is 1. The van der Waals surface area contributed by atoms with Crippen molar-refractivity contribution in [3.8, 4) is 27.4 Å². The van der Waals surface area contributed by atoms with E-state index in [9.17, 15) is 5.11 Å². The van der Waals surface area contributed by atoms with Gasteiger partial charge in [-0.2, -0.15) is 10.1 Å². The van der Waals surface area contributed by atoms with Gasteiger partial charge in [0.05, 0.1) is 11.8 Å². The molecule has 0 saturated heterocycles. The van der Waals surface area contributed by atoms with Gasteiger partial charge in [0.1, 0.15) is 0 Å². The zero-order valence-electron chi connectivity index (χ0n) is 11.0. The Balaban J connectivity index is 1.83. The van der Waals surface area contributed by atoms with Gasteiger partial charge in [-0.3, -0.25) is 0 Å². The zero-order valence-corrected chi connectivity index (χ0v) is 11.8. The Morgan fingerprint density at radius 1 is 1.05 bits per heavy atom. The lowest BCUT2D eigenvalue weighted by atomic mass is 10.1. The molecule has 1 aromatic carbocycles. The fourth-order valence-corrected chi connectivity index (χ4v) is 3.22. The Hall–Kier alpha value is -2.66. The Bertz CT molecular complexity index is 912. The van der Waals surface area contributed by atoms with Crippen LogP contribution >= 0.6 is 11.3 Å². The number of benzene rings is 1. The average molecular weight is 293 g/mol. The molecule has 0 atom stereocenters. The molecule has 102 valence electrons. The number of thiophene rings is 1. The van der Waals surface area contributed by atoms with E-state index < -0.39 is 0 Å². The van der Waals surface area contributed by atoms with Crippen LogP contribution in [0, 0.1) is 0 Å². The lowest BCUT2D eigenvalue weighted by Crippen LogP contribution is -1.88. The number of rotatable bonds is 2. The van der Waals surface area contributed by atoms with Crippen LogP contribution in [0.2, 0.25) is 0 Å². The third-order valence-electron chi connectivity index (χ3n) is 3.33. The molecule has 21 heavy (non-hydrogen) atoms. The van der Waals surface area contributed by atoms with Gasteiger partial charge < -0.3 is 5.11 Å². The predicted molar refractivity (Wildman–Crippen MR) is 83.4 cm³/mol. The maximum absolute atomic E-state index is 9.55. The van der Waals surface area contributed by atoms with Gasteiger partial charge in [-0.15, -0.1) is 11.3 Å². The van der Waals surface area contributed by atoms with Crippen LogP contribution in [0.25, 0.3) is 27.2 Å². The molecule has 0 unspecified atom stereocenters. The molecule has 0 bridgehead atoms. The fourth-order valence-electron chi connectivity index (χ4n) is 2.29. The molecule has 0 aliphatic heterocycles. The normalized spacial score (nSPS) is 11.0. The number of nitrogens with zero attached hydrogens (tertiary/aromatic N) is 3. The third kappa shape index (κ3) is 2.08. The first kappa shape index (κ1) is 12.1. The van der Waals surface area contributed by atoms with Crippen LogP contribution in [0.3, 0.4) is 0 Å². The van der Waals surface area contributed by atoms with Crippen molar-refractivity contribution in [2.75, 3.05) is 0 Å². The number of fused-ring (bicyclic) bond motifs is 1. The molecular formula is C16H11N3OS. The van der Waals surface area contributed by atoms with Gasteiger partial charge in [0, 0.05) is 17.1 Å². The van der Waals surface area contributed by atoms with E-state index in [2.05, 4.69) is 33.7 Å². The number of hydrogen-bond acceptors (Lipinski definition) is 4. The molecule has 0 aliphatic carbocycles. The van der Waals surface area contributed by atoms with Crippen LogP contribution in [0.1, 0.15) is 0 Å². The highest BCUT2D eigenvalue weighted by Gasteiger charge is 2.11. The van der Waals surface area contributed by atoms with E-state index in [0.29, 0.717) is 5.65 Å². The molecule has 0 spiro atoms. The van der Waals surface area contributed by atoms with Gasteiger partial charge in [-0.25, -0.2) is 4.52 Å². The first-order chi connectivity index (χ1) is 10.3. The van der Waals surface area contributed by atoms with E-state index in [1.807, 2.05) is 18.2 Å². The standard InChI is InChI=1S/C16H11N3OS/c20-15-6-7-19-16(18-15)13(9-17-19)14-8-12(10-21-14)11-4-2-1-3-5-11/h1-10H,(H,18,20). The molecule has 0 aliphatic rings. The summed E-state index contributed by atoms with van der Waals surface area (Å²) in [7, 11) is 0. The lowest BCUT2D eigenvalue weighted by Gasteiger charge is -1.97. The SMILES string of the molecule is Oc1ccn2ncc(-c3cc(-c4ccccc4)cs3)c2n1. The summed E-state index contributed by atoms with van der Waals surface area (Å²) < 4.78 is 1.66. The van der Waals surface area contributed by atoms with Crippen LogP contribution in [0.4, 0.5) is 0 Å². The monoisotopic (exact) mass is 293 g/mol. The second-order valence-corrected chi connectivity index (χ2v) is 5.59. The van der Waals surface area contributed by atoms with E-state index in [1.54, 1.807) is 28.2 Å². The van der Waals surface area contributed by atoms with Crippen molar-refractivity contribution in [1.29, 1.82) is 0 Å². The molecule has 0 amide bonds. The highest BCUT2D eigenvalue weighted by atomic mass is 32.1. The maximum Gasteiger partial charge on any atom is 0.214 e. The first-order valence-corrected chi connectivity index (χ1v) is 7.37. The number of hydrogen-bond donors (Lipinski definition) is 1. The third-order valence-corrected chi connectivity index (χ3v) is 4.29. The summed E-state index contributed by atoms with van der Waals surface area (Å²) in [6.45, 7) is 0. The molecule has 0 saturated carbocycles. The molecule has 1 N–H and O–H groups in total. The van der Waals surface area contributed by atoms with Gasteiger partial charge in [-0.05, 0) is 22.6 Å². The molecule has 0 radical (unpaired) electrons. The van der Waals surface area contributed by atoms with Crippen LogP contribution < -0.4 is 0 Å². The van der Waals surface area contributed by atoms with E-state index in [-0.39, 0.29) is 5.88 Å². The molecule has 5 heteroatoms. The van der Waals surface area contributed by atoms with Crippen molar-refractivity contribution in [2.45, 2.75) is 0 Å². The zero-order chi connectivity index (χ0) is 14.2. The molecule has 3 aromatic heterocycles. The molecule has 3 heterocycles. The van der Waals surface area contributed by atoms with Crippen LogP contribution in [0.15, 0.2) is 60.2 Å². The topological polar surface area (TPSA) is 50.4 Å². The van der Waals surface area contributed by atoms with Crippen molar-refractivity contribution in [2.24, 2.45) is 0 Å². The van der Waals surface area contributed by atoms with E-state index in [4.69, 9.17) is 0 Å². The minimum atomic E-state index is 0.00379. The lowest BCUT2D eigenvalue weighted by molar-refractivity contribution is 0.453. The minimum absolute atomic E-state index is 0.00379. The minimum Gasteiger partial charge on any atom is -0.493 e. The summed E-state index contributed by atoms with van der Waals surface area (Å²) in [5.74, 6) is 0.00379. The van der Waals surface area contributed by atoms with Crippen LogP contribution in [0.5, 0.6) is 5.88 Å². The van der Waals surface area contributed by atoms with Gasteiger partial charge in [0.15, 0.2) is 5.65 Å². The molecule has 4 nitrogen and oxygen atoms in total. The van der Waals surface area contributed by atoms with Crippen molar-refractivity contribution in [3.05, 3.63) is 60.2 Å². The van der Waals surface area contributed by atoms with Crippen molar-refractivity contribution in [3.63, 3.8) is 0 Å². The van der Waals surface area contributed by atoms with Gasteiger partial charge >= 0.3 is 0 Å². The average Bonchev–Trinajstić information content (AvgIpc) is 3.14. The van der Waals surface area contributed by atoms with Gasteiger partial charge in [-0.1, -0.05) is 30.3 Å². The molecule has 4 aromatic rings. The van der Waals surface area contributed by atoms with E-state index in [0.717, 1.165) is 10.4 Å². The smallest absolute Gasteiger partial charge is 0.214 e. The largest absolute Gasteiger partial charge is 0.493 e. The van der Waals surface area contributed by atoms with Crippen molar-refractivity contribution < 1.29 is 5.11 Å². The van der Waals surface area contributed by atoms with Crippen LogP contribution in [-0.4, -0.2) is 19.7 Å².